The first-order valence-corrected chi connectivity index (χ1v) is 8.49. The van der Waals surface area contributed by atoms with Crippen LogP contribution in [0.1, 0.15) is 11.3 Å². The standard InChI is InChI=1S/C22H18O5/c1-25-15-9-14-10-19-21(22(24)20(14)18(12-15)26-2)17(23)11-16(27-19)8-13-6-4-3-5-7-13/h3-7,9-12,24H,8H2,1-2H3. The van der Waals surface area contributed by atoms with E-state index >= 15 is 0 Å². The average molecular weight is 362 g/mol. The second-order valence-corrected chi connectivity index (χ2v) is 6.27. The topological polar surface area (TPSA) is 68.9 Å². The van der Waals surface area contributed by atoms with Gasteiger partial charge < -0.3 is 19.0 Å². The molecule has 4 rings (SSSR count). The van der Waals surface area contributed by atoms with Crippen LogP contribution in [0.3, 0.4) is 0 Å². The molecule has 0 spiro atoms. The molecule has 1 heterocycles. The largest absolute Gasteiger partial charge is 0.506 e. The fourth-order valence-electron chi connectivity index (χ4n) is 3.30. The fourth-order valence-corrected chi connectivity index (χ4v) is 3.30. The van der Waals surface area contributed by atoms with Crippen LogP contribution in [-0.2, 0) is 6.42 Å². The summed E-state index contributed by atoms with van der Waals surface area (Å²) in [5.74, 6) is 1.40. The van der Waals surface area contributed by atoms with Gasteiger partial charge in [-0.05, 0) is 23.1 Å². The highest BCUT2D eigenvalue weighted by Crippen LogP contribution is 2.40. The molecular weight excluding hydrogens is 344 g/mol. The monoisotopic (exact) mass is 362 g/mol. The number of aromatic hydroxyl groups is 1. The zero-order chi connectivity index (χ0) is 19.0. The highest BCUT2D eigenvalue weighted by molar-refractivity contribution is 6.06. The number of benzene rings is 3. The SMILES string of the molecule is COc1cc(OC)c2c(O)c3c(=O)cc(Cc4ccccc4)oc3cc2c1. The third-order valence-corrected chi connectivity index (χ3v) is 4.57. The van der Waals surface area contributed by atoms with Crippen LogP contribution in [0.25, 0.3) is 21.7 Å². The smallest absolute Gasteiger partial charge is 0.196 e. The van der Waals surface area contributed by atoms with Gasteiger partial charge in [-0.2, -0.15) is 0 Å². The van der Waals surface area contributed by atoms with E-state index in [1.807, 2.05) is 30.3 Å². The van der Waals surface area contributed by atoms with Crippen molar-refractivity contribution in [3.8, 4) is 17.2 Å². The molecule has 0 bridgehead atoms. The van der Waals surface area contributed by atoms with Crippen LogP contribution in [-0.4, -0.2) is 19.3 Å². The molecule has 0 atom stereocenters. The van der Waals surface area contributed by atoms with Crippen LogP contribution in [0.5, 0.6) is 17.2 Å². The highest BCUT2D eigenvalue weighted by atomic mass is 16.5. The second kappa shape index (κ2) is 6.68. The third-order valence-electron chi connectivity index (χ3n) is 4.57. The van der Waals surface area contributed by atoms with Gasteiger partial charge in [-0.1, -0.05) is 30.3 Å². The van der Waals surface area contributed by atoms with Gasteiger partial charge in [-0.15, -0.1) is 0 Å². The van der Waals surface area contributed by atoms with Crippen LogP contribution in [0, 0.1) is 0 Å². The maximum absolute atomic E-state index is 12.7. The Labute approximate surface area is 155 Å². The lowest BCUT2D eigenvalue weighted by Gasteiger charge is -2.12. The minimum absolute atomic E-state index is 0.141. The number of ether oxygens (including phenoxy) is 2. The molecule has 0 fully saturated rings. The summed E-state index contributed by atoms with van der Waals surface area (Å²) in [6, 6.07) is 16.3. The molecule has 0 unspecified atom stereocenters. The summed E-state index contributed by atoms with van der Waals surface area (Å²) in [5.41, 5.74) is 1.07. The quantitative estimate of drug-likeness (QED) is 0.549. The van der Waals surface area contributed by atoms with Gasteiger partial charge in [0.05, 0.1) is 19.6 Å². The number of phenolic OH excluding ortho intramolecular Hbond substituents is 1. The van der Waals surface area contributed by atoms with Crippen molar-refractivity contribution in [2.75, 3.05) is 14.2 Å². The summed E-state index contributed by atoms with van der Waals surface area (Å²) < 4.78 is 16.6. The molecule has 5 heteroatoms. The molecule has 0 amide bonds. The van der Waals surface area contributed by atoms with E-state index in [-0.39, 0.29) is 16.6 Å². The molecule has 136 valence electrons. The zero-order valence-corrected chi connectivity index (χ0v) is 15.0. The molecule has 0 saturated heterocycles. The third kappa shape index (κ3) is 2.97. The Hall–Kier alpha value is -3.47. The molecule has 0 radical (unpaired) electrons. The molecule has 27 heavy (non-hydrogen) atoms. The Morgan fingerprint density at radius 3 is 2.44 bits per heavy atom. The van der Waals surface area contributed by atoms with Crippen molar-refractivity contribution in [2.24, 2.45) is 0 Å². The van der Waals surface area contributed by atoms with Crippen LogP contribution in [0.15, 0.2) is 63.8 Å². The Balaban J connectivity index is 1.96. The predicted molar refractivity (Wildman–Crippen MR) is 104 cm³/mol. The Bertz CT molecular complexity index is 1190. The number of phenols is 1. The maximum Gasteiger partial charge on any atom is 0.196 e. The van der Waals surface area contributed by atoms with Gasteiger partial charge in [0.15, 0.2) is 5.43 Å². The summed E-state index contributed by atoms with van der Waals surface area (Å²) in [6.07, 6.45) is 0.492. The normalized spacial score (nSPS) is 11.0. The van der Waals surface area contributed by atoms with E-state index in [1.165, 1.54) is 13.2 Å². The molecule has 0 aliphatic carbocycles. The zero-order valence-electron chi connectivity index (χ0n) is 15.0. The summed E-state index contributed by atoms with van der Waals surface area (Å²) in [5, 5.41) is 12.0. The summed E-state index contributed by atoms with van der Waals surface area (Å²) >= 11 is 0. The fraction of sp³-hybridized carbons (Fsp3) is 0.136. The van der Waals surface area contributed by atoms with Crippen LogP contribution >= 0.6 is 0 Å². The lowest BCUT2D eigenvalue weighted by molar-refractivity contribution is 0.396. The van der Waals surface area contributed by atoms with Gasteiger partial charge in [-0.25, -0.2) is 0 Å². The van der Waals surface area contributed by atoms with Gasteiger partial charge in [0.25, 0.3) is 0 Å². The first kappa shape index (κ1) is 17.0. The molecule has 0 saturated carbocycles. The van der Waals surface area contributed by atoms with E-state index < -0.39 is 0 Å². The van der Waals surface area contributed by atoms with Gasteiger partial charge >= 0.3 is 0 Å². The summed E-state index contributed by atoms with van der Waals surface area (Å²) in [6.45, 7) is 0. The van der Waals surface area contributed by atoms with Crippen molar-refractivity contribution in [2.45, 2.75) is 6.42 Å². The number of hydrogen-bond acceptors (Lipinski definition) is 5. The molecule has 3 aromatic carbocycles. The van der Waals surface area contributed by atoms with Gasteiger partial charge in [-0.3, -0.25) is 4.79 Å². The predicted octanol–water partition coefficient (Wildman–Crippen LogP) is 4.26. The molecule has 0 aliphatic heterocycles. The molecule has 1 N–H and O–H groups in total. The van der Waals surface area contributed by atoms with Gasteiger partial charge in [0, 0.05) is 18.6 Å². The van der Waals surface area contributed by atoms with E-state index in [9.17, 15) is 9.90 Å². The molecule has 0 aliphatic rings. The van der Waals surface area contributed by atoms with E-state index in [0.717, 1.165) is 5.56 Å². The van der Waals surface area contributed by atoms with E-state index in [2.05, 4.69) is 0 Å². The average Bonchev–Trinajstić information content (AvgIpc) is 2.67. The molecular formula is C22H18O5. The van der Waals surface area contributed by atoms with Crippen molar-refractivity contribution in [1.82, 2.24) is 0 Å². The lowest BCUT2D eigenvalue weighted by Crippen LogP contribution is -2.04. The van der Waals surface area contributed by atoms with Crippen molar-refractivity contribution in [1.29, 1.82) is 0 Å². The molecule has 5 nitrogen and oxygen atoms in total. The number of hydrogen-bond donors (Lipinski definition) is 1. The second-order valence-electron chi connectivity index (χ2n) is 6.27. The minimum atomic E-state index is -0.292. The maximum atomic E-state index is 12.7. The van der Waals surface area contributed by atoms with E-state index in [1.54, 1.807) is 25.3 Å². The van der Waals surface area contributed by atoms with E-state index in [4.69, 9.17) is 13.9 Å². The number of rotatable bonds is 4. The lowest BCUT2D eigenvalue weighted by atomic mass is 10.0. The first-order valence-electron chi connectivity index (χ1n) is 8.49. The summed E-state index contributed by atoms with van der Waals surface area (Å²) in [4.78, 5) is 12.7. The molecule has 1 aromatic heterocycles. The Morgan fingerprint density at radius 2 is 1.74 bits per heavy atom. The van der Waals surface area contributed by atoms with E-state index in [0.29, 0.717) is 40.0 Å². The van der Waals surface area contributed by atoms with Crippen molar-refractivity contribution >= 4 is 21.7 Å². The van der Waals surface area contributed by atoms with Crippen LogP contribution in [0.4, 0.5) is 0 Å². The number of fused-ring (bicyclic) bond motifs is 2. The Kier molecular flexibility index (Phi) is 4.20. The van der Waals surface area contributed by atoms with Crippen LogP contribution in [0.2, 0.25) is 0 Å². The van der Waals surface area contributed by atoms with Crippen molar-refractivity contribution < 1.29 is 19.0 Å². The summed E-state index contributed by atoms with van der Waals surface area (Å²) in [7, 11) is 3.06. The Morgan fingerprint density at radius 1 is 0.963 bits per heavy atom. The van der Waals surface area contributed by atoms with Crippen molar-refractivity contribution in [3.63, 3.8) is 0 Å². The minimum Gasteiger partial charge on any atom is -0.506 e. The van der Waals surface area contributed by atoms with Gasteiger partial charge in [0.2, 0.25) is 0 Å². The highest BCUT2D eigenvalue weighted by Gasteiger charge is 2.17. The van der Waals surface area contributed by atoms with Gasteiger partial charge in [0.1, 0.15) is 34.0 Å². The molecule has 4 aromatic rings. The number of methoxy groups -OCH3 is 2. The van der Waals surface area contributed by atoms with Crippen LogP contribution < -0.4 is 14.9 Å². The first-order chi connectivity index (χ1) is 13.1. The van der Waals surface area contributed by atoms with Crippen molar-refractivity contribution in [3.05, 3.63) is 76.1 Å².